The minimum atomic E-state index is -0.459. The number of halogens is 1. The lowest BCUT2D eigenvalue weighted by molar-refractivity contribution is 0.0534. The van der Waals surface area contributed by atoms with Gasteiger partial charge < -0.3 is 15.4 Å². The summed E-state index contributed by atoms with van der Waals surface area (Å²) in [7, 11) is 0. The minimum Gasteiger partial charge on any atom is -0.444 e. The van der Waals surface area contributed by atoms with Crippen molar-refractivity contribution < 1.29 is 9.53 Å². The fourth-order valence-electron chi connectivity index (χ4n) is 1.52. The number of nitrogens with one attached hydrogen (secondary N) is 2. The zero-order valence-electron chi connectivity index (χ0n) is 12.9. The average molecular weight is 375 g/mol. The number of amides is 1. The van der Waals surface area contributed by atoms with Crippen molar-refractivity contribution in [1.82, 2.24) is 10.6 Å². The number of thiophene rings is 1. The van der Waals surface area contributed by atoms with Gasteiger partial charge in [-0.05, 0) is 49.7 Å². The van der Waals surface area contributed by atoms with E-state index >= 15 is 0 Å². The Morgan fingerprint density at radius 3 is 2.67 bits per heavy atom. The molecule has 0 radical (unpaired) electrons. The van der Waals surface area contributed by atoms with E-state index < -0.39 is 11.7 Å². The molecule has 21 heavy (non-hydrogen) atoms. The summed E-state index contributed by atoms with van der Waals surface area (Å²) in [4.78, 5) is 12.7. The Hall–Kier alpha value is -0.850. The first-order valence-corrected chi connectivity index (χ1v) is 8.54. The molecule has 1 amide bonds. The van der Waals surface area contributed by atoms with Crippen LogP contribution in [0.3, 0.4) is 0 Å². The standard InChI is InChI=1S/C15H23BrN2O2S/c1-11(13-9-12(16)10-21-13)17-7-5-6-8-18-14(19)20-15(2,3)4/h5-6,9-11,17H,7-8H2,1-4H3,(H,18,19)/b6-5+. The van der Waals surface area contributed by atoms with Crippen LogP contribution >= 0.6 is 27.3 Å². The van der Waals surface area contributed by atoms with Crippen LogP contribution in [0.15, 0.2) is 28.1 Å². The summed E-state index contributed by atoms with van der Waals surface area (Å²) < 4.78 is 6.26. The van der Waals surface area contributed by atoms with Crippen LogP contribution in [-0.2, 0) is 4.74 Å². The molecule has 1 aromatic rings. The van der Waals surface area contributed by atoms with Crippen LogP contribution in [-0.4, -0.2) is 24.8 Å². The Kier molecular flexibility index (Phi) is 7.42. The van der Waals surface area contributed by atoms with E-state index in [4.69, 9.17) is 4.74 Å². The zero-order valence-corrected chi connectivity index (χ0v) is 15.3. The monoisotopic (exact) mass is 374 g/mol. The Morgan fingerprint density at radius 1 is 1.43 bits per heavy atom. The van der Waals surface area contributed by atoms with Crippen molar-refractivity contribution in [1.29, 1.82) is 0 Å². The molecule has 0 aliphatic rings. The Labute approximate surface area is 139 Å². The van der Waals surface area contributed by atoms with Gasteiger partial charge in [0.25, 0.3) is 0 Å². The third-order valence-electron chi connectivity index (χ3n) is 2.49. The molecule has 0 bridgehead atoms. The highest BCUT2D eigenvalue weighted by molar-refractivity contribution is 9.10. The van der Waals surface area contributed by atoms with E-state index in [1.165, 1.54) is 4.88 Å². The van der Waals surface area contributed by atoms with Gasteiger partial charge in [-0.15, -0.1) is 11.3 Å². The second-order valence-electron chi connectivity index (χ2n) is 5.65. The molecule has 1 unspecified atom stereocenters. The quantitative estimate of drug-likeness (QED) is 0.732. The number of ether oxygens (including phenoxy) is 1. The molecule has 0 saturated carbocycles. The number of hydrogen-bond acceptors (Lipinski definition) is 4. The molecule has 0 saturated heterocycles. The van der Waals surface area contributed by atoms with Crippen LogP contribution in [0.5, 0.6) is 0 Å². The van der Waals surface area contributed by atoms with Crippen molar-refractivity contribution >= 4 is 33.4 Å². The summed E-state index contributed by atoms with van der Waals surface area (Å²) in [6.07, 6.45) is 3.52. The first-order valence-electron chi connectivity index (χ1n) is 6.87. The van der Waals surface area contributed by atoms with Crippen LogP contribution < -0.4 is 10.6 Å². The lowest BCUT2D eigenvalue weighted by Gasteiger charge is -2.19. The van der Waals surface area contributed by atoms with Crippen LogP contribution in [0, 0.1) is 0 Å². The Bertz CT molecular complexity index is 480. The van der Waals surface area contributed by atoms with Crippen LogP contribution in [0.25, 0.3) is 0 Å². The number of hydrogen-bond donors (Lipinski definition) is 2. The van der Waals surface area contributed by atoms with Gasteiger partial charge in [-0.3, -0.25) is 0 Å². The fraction of sp³-hybridized carbons (Fsp3) is 0.533. The molecular weight excluding hydrogens is 352 g/mol. The van der Waals surface area contributed by atoms with E-state index in [1.54, 1.807) is 11.3 Å². The maximum absolute atomic E-state index is 11.4. The van der Waals surface area contributed by atoms with E-state index in [1.807, 2.05) is 32.9 Å². The topological polar surface area (TPSA) is 50.4 Å². The van der Waals surface area contributed by atoms with Gasteiger partial charge in [-0.2, -0.15) is 0 Å². The van der Waals surface area contributed by atoms with Crippen molar-refractivity contribution in [2.45, 2.75) is 39.3 Å². The molecule has 118 valence electrons. The summed E-state index contributed by atoms with van der Waals surface area (Å²) in [6.45, 7) is 8.89. The second-order valence-corrected chi connectivity index (χ2v) is 7.51. The van der Waals surface area contributed by atoms with E-state index in [0.717, 1.165) is 11.0 Å². The van der Waals surface area contributed by atoms with Gasteiger partial charge in [-0.25, -0.2) is 4.79 Å². The smallest absolute Gasteiger partial charge is 0.407 e. The van der Waals surface area contributed by atoms with Crippen molar-refractivity contribution in [3.8, 4) is 0 Å². The average Bonchev–Trinajstić information content (AvgIpc) is 2.78. The first-order chi connectivity index (χ1) is 9.78. The summed E-state index contributed by atoms with van der Waals surface area (Å²) in [5.74, 6) is 0. The normalized spacial score (nSPS) is 13.4. The summed E-state index contributed by atoms with van der Waals surface area (Å²) in [5, 5.41) is 8.16. The van der Waals surface area contributed by atoms with E-state index in [0.29, 0.717) is 12.6 Å². The molecular formula is C15H23BrN2O2S. The van der Waals surface area contributed by atoms with Crippen molar-refractivity contribution in [3.05, 3.63) is 32.9 Å². The predicted molar refractivity (Wildman–Crippen MR) is 91.8 cm³/mol. The maximum Gasteiger partial charge on any atom is 0.407 e. The summed E-state index contributed by atoms with van der Waals surface area (Å²) >= 11 is 5.18. The summed E-state index contributed by atoms with van der Waals surface area (Å²) in [6, 6.07) is 2.43. The third kappa shape index (κ3) is 8.24. The van der Waals surface area contributed by atoms with Crippen LogP contribution in [0.2, 0.25) is 0 Å². The lowest BCUT2D eigenvalue weighted by Crippen LogP contribution is -2.32. The van der Waals surface area contributed by atoms with Gasteiger partial charge in [0.15, 0.2) is 0 Å². The Morgan fingerprint density at radius 2 is 2.10 bits per heavy atom. The SMILES string of the molecule is CC(NC/C=C/CNC(=O)OC(C)(C)C)c1cc(Br)cs1. The van der Waals surface area contributed by atoms with Crippen molar-refractivity contribution in [3.63, 3.8) is 0 Å². The van der Waals surface area contributed by atoms with E-state index in [9.17, 15) is 4.79 Å². The summed E-state index contributed by atoms with van der Waals surface area (Å²) in [5.41, 5.74) is -0.459. The Balaban J connectivity index is 2.16. The van der Waals surface area contributed by atoms with E-state index in [2.05, 4.69) is 44.9 Å². The highest BCUT2D eigenvalue weighted by Gasteiger charge is 2.14. The predicted octanol–water partition coefficient (Wildman–Crippen LogP) is 4.24. The molecule has 1 atom stereocenters. The van der Waals surface area contributed by atoms with Gasteiger partial charge in [0.05, 0.1) is 0 Å². The zero-order chi connectivity index (χ0) is 15.9. The molecule has 0 aromatic carbocycles. The fourth-order valence-corrected chi connectivity index (χ4v) is 3.00. The van der Waals surface area contributed by atoms with Crippen LogP contribution in [0.4, 0.5) is 4.79 Å². The molecule has 0 aliphatic heterocycles. The number of alkyl carbamates (subject to hydrolysis) is 1. The molecule has 0 fully saturated rings. The van der Waals surface area contributed by atoms with Gasteiger partial charge in [0.1, 0.15) is 5.60 Å². The largest absolute Gasteiger partial charge is 0.444 e. The van der Waals surface area contributed by atoms with Crippen LogP contribution in [0.1, 0.15) is 38.6 Å². The van der Waals surface area contributed by atoms with Gasteiger partial charge >= 0.3 is 6.09 Å². The maximum atomic E-state index is 11.4. The lowest BCUT2D eigenvalue weighted by atomic mass is 10.2. The third-order valence-corrected chi connectivity index (χ3v) is 4.36. The number of carbonyl (C=O) groups is 1. The highest BCUT2D eigenvalue weighted by Crippen LogP contribution is 2.25. The second kappa shape index (κ2) is 8.56. The number of rotatable bonds is 6. The molecule has 1 aromatic heterocycles. The molecule has 1 heterocycles. The van der Waals surface area contributed by atoms with Crippen molar-refractivity contribution in [2.75, 3.05) is 13.1 Å². The first kappa shape index (κ1) is 18.2. The molecule has 4 nitrogen and oxygen atoms in total. The molecule has 0 spiro atoms. The van der Waals surface area contributed by atoms with Gasteiger partial charge in [0.2, 0.25) is 0 Å². The van der Waals surface area contributed by atoms with Gasteiger partial charge in [-0.1, -0.05) is 12.2 Å². The molecule has 6 heteroatoms. The molecule has 0 aliphatic carbocycles. The number of carbonyl (C=O) groups excluding carboxylic acids is 1. The molecule has 2 N–H and O–H groups in total. The van der Waals surface area contributed by atoms with Gasteiger partial charge in [0, 0.05) is 33.9 Å². The van der Waals surface area contributed by atoms with E-state index in [-0.39, 0.29) is 0 Å². The minimum absolute atomic E-state index is 0.310. The molecule has 1 rings (SSSR count). The highest BCUT2D eigenvalue weighted by atomic mass is 79.9. The van der Waals surface area contributed by atoms with Crippen molar-refractivity contribution in [2.24, 2.45) is 0 Å².